The molecule has 0 fully saturated rings. The Kier molecular flexibility index (Phi) is 2.90. The summed E-state index contributed by atoms with van der Waals surface area (Å²) >= 11 is 0. The van der Waals surface area contributed by atoms with Crippen molar-refractivity contribution in [1.29, 1.82) is 0 Å². The van der Waals surface area contributed by atoms with Gasteiger partial charge in [-0.05, 0) is 12.1 Å². The Labute approximate surface area is 86.3 Å². The number of carbonyl (C=O) groups is 2. The Morgan fingerprint density at radius 2 is 1.73 bits per heavy atom. The summed E-state index contributed by atoms with van der Waals surface area (Å²) in [7, 11) is -3.60. The van der Waals surface area contributed by atoms with Crippen molar-refractivity contribution in [1.82, 2.24) is 0 Å². The predicted molar refractivity (Wildman–Crippen MR) is 51.5 cm³/mol. The molecule has 0 aliphatic carbocycles. The lowest BCUT2D eigenvalue weighted by molar-refractivity contribution is -0.131. The molecule has 0 aromatic heterocycles. The lowest BCUT2D eigenvalue weighted by Crippen LogP contribution is -2.16. The van der Waals surface area contributed by atoms with Gasteiger partial charge >= 0.3 is 5.97 Å². The summed E-state index contributed by atoms with van der Waals surface area (Å²) in [5.41, 5.74) is -0.312. The van der Waals surface area contributed by atoms with Crippen molar-refractivity contribution in [3.63, 3.8) is 0 Å². The summed E-state index contributed by atoms with van der Waals surface area (Å²) in [5.74, 6) is -2.90. The summed E-state index contributed by atoms with van der Waals surface area (Å²) in [5, 5.41) is 8.48. The molecule has 0 aliphatic heterocycles. The molecular formula is C9H8O5S. The van der Waals surface area contributed by atoms with E-state index in [0.29, 0.717) is 0 Å². The van der Waals surface area contributed by atoms with E-state index in [1.54, 1.807) is 0 Å². The third-order valence-corrected chi connectivity index (χ3v) is 2.88. The second-order valence-corrected chi connectivity index (χ2v) is 4.89. The number of hydrogen-bond acceptors (Lipinski definition) is 4. The van der Waals surface area contributed by atoms with Crippen molar-refractivity contribution in [2.45, 2.75) is 4.90 Å². The normalized spacial score (nSPS) is 11.0. The fourth-order valence-electron chi connectivity index (χ4n) is 1.09. The van der Waals surface area contributed by atoms with Crippen LogP contribution >= 0.6 is 0 Å². The first kappa shape index (κ1) is 11.4. The molecule has 0 bridgehead atoms. The molecule has 0 aliphatic rings. The van der Waals surface area contributed by atoms with Gasteiger partial charge in [0.05, 0.1) is 4.90 Å². The highest BCUT2D eigenvalue weighted by Gasteiger charge is 2.22. The first-order valence-electron chi connectivity index (χ1n) is 3.90. The number of ketones is 1. The maximum atomic E-state index is 11.2. The minimum absolute atomic E-state index is 0.266. The standard InChI is InChI=1S/C9H8O5S/c1-15(13,14)7-5-3-2-4-6(7)8(10)9(11)12/h2-5H,1H3,(H,11,12). The van der Waals surface area contributed by atoms with Crippen LogP contribution < -0.4 is 0 Å². The lowest BCUT2D eigenvalue weighted by Gasteiger charge is -2.03. The summed E-state index contributed by atoms with van der Waals surface area (Å²) < 4.78 is 22.5. The molecule has 0 atom stereocenters. The molecule has 6 heteroatoms. The van der Waals surface area contributed by atoms with Crippen LogP contribution in [0.3, 0.4) is 0 Å². The van der Waals surface area contributed by atoms with E-state index in [1.807, 2.05) is 0 Å². The molecule has 1 rings (SSSR count). The molecule has 0 saturated heterocycles. The van der Waals surface area contributed by atoms with Gasteiger partial charge in [-0.1, -0.05) is 12.1 Å². The molecule has 0 saturated carbocycles. The van der Waals surface area contributed by atoms with E-state index in [-0.39, 0.29) is 10.5 Å². The Morgan fingerprint density at radius 1 is 1.20 bits per heavy atom. The topological polar surface area (TPSA) is 88.5 Å². The first-order valence-corrected chi connectivity index (χ1v) is 5.80. The highest BCUT2D eigenvalue weighted by atomic mass is 32.2. The molecule has 80 valence electrons. The van der Waals surface area contributed by atoms with E-state index in [1.165, 1.54) is 24.3 Å². The van der Waals surface area contributed by atoms with E-state index < -0.39 is 21.6 Å². The number of Topliss-reactive ketones (excluding diaryl/α,β-unsaturated/α-hetero) is 1. The molecular weight excluding hydrogens is 220 g/mol. The van der Waals surface area contributed by atoms with Crippen molar-refractivity contribution in [2.75, 3.05) is 6.26 Å². The average molecular weight is 228 g/mol. The van der Waals surface area contributed by atoms with Crippen molar-refractivity contribution in [3.8, 4) is 0 Å². The lowest BCUT2D eigenvalue weighted by atomic mass is 10.1. The van der Waals surface area contributed by atoms with Gasteiger partial charge in [-0.25, -0.2) is 13.2 Å². The van der Waals surface area contributed by atoms with Crippen molar-refractivity contribution >= 4 is 21.6 Å². The number of hydrogen-bond donors (Lipinski definition) is 1. The Balaban J connectivity index is 3.44. The zero-order valence-electron chi connectivity index (χ0n) is 7.80. The van der Waals surface area contributed by atoms with Crippen LogP contribution in [-0.2, 0) is 14.6 Å². The fraction of sp³-hybridized carbons (Fsp3) is 0.111. The van der Waals surface area contributed by atoms with Crippen LogP contribution in [0.5, 0.6) is 0 Å². The summed E-state index contributed by atoms with van der Waals surface area (Å²) in [6.45, 7) is 0. The molecule has 1 aromatic rings. The molecule has 1 aromatic carbocycles. The quantitative estimate of drug-likeness (QED) is 0.596. The van der Waals surface area contributed by atoms with Gasteiger partial charge < -0.3 is 5.11 Å². The van der Waals surface area contributed by atoms with Gasteiger partial charge in [-0.2, -0.15) is 0 Å². The van der Waals surface area contributed by atoms with Crippen LogP contribution in [0.25, 0.3) is 0 Å². The second kappa shape index (κ2) is 3.82. The van der Waals surface area contributed by atoms with Crippen molar-refractivity contribution < 1.29 is 23.1 Å². The summed E-state index contributed by atoms with van der Waals surface area (Å²) in [6, 6.07) is 5.21. The van der Waals surface area contributed by atoms with Gasteiger partial charge in [-0.3, -0.25) is 4.79 Å². The van der Waals surface area contributed by atoms with E-state index in [9.17, 15) is 18.0 Å². The van der Waals surface area contributed by atoms with E-state index in [4.69, 9.17) is 5.11 Å². The molecule has 5 nitrogen and oxygen atoms in total. The minimum atomic E-state index is -3.60. The van der Waals surface area contributed by atoms with Crippen LogP contribution in [-0.4, -0.2) is 31.5 Å². The third kappa shape index (κ3) is 2.41. The van der Waals surface area contributed by atoms with Gasteiger partial charge in [0, 0.05) is 11.8 Å². The second-order valence-electron chi connectivity index (χ2n) is 2.90. The van der Waals surface area contributed by atoms with E-state index in [0.717, 1.165) is 6.26 Å². The Hall–Kier alpha value is -1.69. The summed E-state index contributed by atoms with van der Waals surface area (Å²) in [6.07, 6.45) is 0.918. The molecule has 0 unspecified atom stereocenters. The Morgan fingerprint density at radius 3 is 2.20 bits per heavy atom. The number of carbonyl (C=O) groups excluding carboxylic acids is 1. The number of carboxylic acids is 1. The number of carboxylic acid groups (broad SMARTS) is 1. The SMILES string of the molecule is CS(=O)(=O)c1ccccc1C(=O)C(=O)O. The molecule has 0 heterocycles. The maximum absolute atomic E-state index is 11.2. The molecule has 15 heavy (non-hydrogen) atoms. The number of aliphatic carboxylic acids is 1. The van der Waals surface area contributed by atoms with Crippen LogP contribution in [0.1, 0.15) is 10.4 Å². The van der Waals surface area contributed by atoms with Gasteiger partial charge in [0.1, 0.15) is 0 Å². The average Bonchev–Trinajstić information content (AvgIpc) is 2.15. The van der Waals surface area contributed by atoms with Crippen molar-refractivity contribution in [2.24, 2.45) is 0 Å². The predicted octanol–water partition coefficient (Wildman–Crippen LogP) is 0.357. The first-order chi connectivity index (χ1) is 6.84. The zero-order valence-corrected chi connectivity index (χ0v) is 8.61. The molecule has 0 spiro atoms. The van der Waals surface area contributed by atoms with E-state index >= 15 is 0 Å². The molecule has 0 amide bonds. The molecule has 1 N–H and O–H groups in total. The smallest absolute Gasteiger partial charge is 0.377 e. The van der Waals surface area contributed by atoms with Crippen LogP contribution in [0.4, 0.5) is 0 Å². The van der Waals surface area contributed by atoms with Crippen LogP contribution in [0.2, 0.25) is 0 Å². The minimum Gasteiger partial charge on any atom is -0.475 e. The molecule has 0 radical (unpaired) electrons. The van der Waals surface area contributed by atoms with E-state index in [2.05, 4.69) is 0 Å². The Bertz CT molecular complexity index is 515. The van der Waals surface area contributed by atoms with Gasteiger partial charge in [0.15, 0.2) is 9.84 Å². The maximum Gasteiger partial charge on any atom is 0.377 e. The number of benzene rings is 1. The van der Waals surface area contributed by atoms with Gasteiger partial charge in [0.25, 0.3) is 5.78 Å². The van der Waals surface area contributed by atoms with Crippen LogP contribution in [0.15, 0.2) is 29.2 Å². The number of sulfone groups is 1. The highest BCUT2D eigenvalue weighted by molar-refractivity contribution is 7.90. The monoisotopic (exact) mass is 228 g/mol. The third-order valence-electron chi connectivity index (χ3n) is 1.73. The summed E-state index contributed by atoms with van der Waals surface area (Å²) in [4.78, 5) is 21.3. The largest absolute Gasteiger partial charge is 0.475 e. The zero-order chi connectivity index (χ0) is 11.6. The van der Waals surface area contributed by atoms with Gasteiger partial charge in [0.2, 0.25) is 0 Å². The highest BCUT2D eigenvalue weighted by Crippen LogP contribution is 2.15. The fourth-order valence-corrected chi connectivity index (χ4v) is 1.98. The van der Waals surface area contributed by atoms with Crippen molar-refractivity contribution in [3.05, 3.63) is 29.8 Å². The van der Waals surface area contributed by atoms with Gasteiger partial charge in [-0.15, -0.1) is 0 Å². The van der Waals surface area contributed by atoms with Crippen LogP contribution in [0, 0.1) is 0 Å². The number of rotatable bonds is 3.